The van der Waals surface area contributed by atoms with Crippen LogP contribution in [0.5, 0.6) is 0 Å². The van der Waals surface area contributed by atoms with Gasteiger partial charge in [0.1, 0.15) is 0 Å². The molecule has 0 amide bonds. The van der Waals surface area contributed by atoms with Gasteiger partial charge in [0.15, 0.2) is 0 Å². The first-order valence-corrected chi connectivity index (χ1v) is 7.74. The molecule has 3 atom stereocenters. The summed E-state index contributed by atoms with van der Waals surface area (Å²) in [6.07, 6.45) is 4.10. The highest BCUT2D eigenvalue weighted by Crippen LogP contribution is 2.20. The van der Waals surface area contributed by atoms with Crippen LogP contribution in [0.2, 0.25) is 0 Å². The fourth-order valence-electron chi connectivity index (χ4n) is 2.35. The normalized spacial score (nSPS) is 15.8. The van der Waals surface area contributed by atoms with Gasteiger partial charge < -0.3 is 15.3 Å². The van der Waals surface area contributed by atoms with Gasteiger partial charge in [-0.3, -0.25) is 0 Å². The van der Waals surface area contributed by atoms with Gasteiger partial charge in [0.25, 0.3) is 0 Å². The minimum atomic E-state index is -0.864. The van der Waals surface area contributed by atoms with Crippen molar-refractivity contribution in [3.63, 3.8) is 0 Å². The first kappa shape index (κ1) is 17.2. The Hall–Kier alpha value is -0.900. The van der Waals surface area contributed by atoms with Gasteiger partial charge in [0.2, 0.25) is 0 Å². The standard InChI is InChI=1S/C17H28O3/c1-2-3-4-5-9-12-15(18)17(20)13-16(19)14-10-7-6-8-11-14/h6-8,10-11,15-20H,2-5,9,12-13H2,1H3/t15-,16+,17-/m1/s1. The Kier molecular flexibility index (Phi) is 8.51. The van der Waals surface area contributed by atoms with E-state index in [0.717, 1.165) is 18.4 Å². The molecule has 3 N–H and O–H groups in total. The van der Waals surface area contributed by atoms with Crippen molar-refractivity contribution < 1.29 is 15.3 Å². The van der Waals surface area contributed by atoms with E-state index in [9.17, 15) is 15.3 Å². The van der Waals surface area contributed by atoms with Crippen LogP contribution >= 0.6 is 0 Å². The van der Waals surface area contributed by atoms with E-state index in [1.165, 1.54) is 19.3 Å². The Morgan fingerprint density at radius 1 is 0.850 bits per heavy atom. The predicted octanol–water partition coefficient (Wildman–Crippen LogP) is 3.19. The van der Waals surface area contributed by atoms with Crippen LogP contribution in [-0.4, -0.2) is 27.5 Å². The summed E-state index contributed by atoms with van der Waals surface area (Å²) >= 11 is 0. The highest BCUT2D eigenvalue weighted by atomic mass is 16.3. The Morgan fingerprint density at radius 2 is 1.50 bits per heavy atom. The minimum Gasteiger partial charge on any atom is -0.390 e. The molecule has 0 unspecified atom stereocenters. The molecule has 0 heterocycles. The summed E-state index contributed by atoms with van der Waals surface area (Å²) in [5.74, 6) is 0. The average molecular weight is 280 g/mol. The third kappa shape index (κ3) is 6.51. The van der Waals surface area contributed by atoms with Crippen molar-refractivity contribution in [2.45, 2.75) is 70.2 Å². The molecule has 0 bridgehead atoms. The van der Waals surface area contributed by atoms with Gasteiger partial charge in [-0.1, -0.05) is 69.4 Å². The highest BCUT2D eigenvalue weighted by Gasteiger charge is 2.20. The first-order valence-electron chi connectivity index (χ1n) is 7.74. The van der Waals surface area contributed by atoms with Crippen molar-refractivity contribution in [2.24, 2.45) is 0 Å². The van der Waals surface area contributed by atoms with E-state index >= 15 is 0 Å². The molecule has 0 aromatic heterocycles. The van der Waals surface area contributed by atoms with Crippen LogP contribution in [0.25, 0.3) is 0 Å². The van der Waals surface area contributed by atoms with E-state index in [1.54, 1.807) is 0 Å². The lowest BCUT2D eigenvalue weighted by molar-refractivity contribution is -0.0170. The van der Waals surface area contributed by atoms with Crippen molar-refractivity contribution in [2.75, 3.05) is 0 Å². The van der Waals surface area contributed by atoms with Crippen molar-refractivity contribution in [3.8, 4) is 0 Å². The Labute approximate surface area is 122 Å². The second-order valence-corrected chi connectivity index (χ2v) is 5.50. The van der Waals surface area contributed by atoms with Gasteiger partial charge >= 0.3 is 0 Å². The molecule has 0 radical (unpaired) electrons. The molecule has 20 heavy (non-hydrogen) atoms. The van der Waals surface area contributed by atoms with Crippen LogP contribution in [-0.2, 0) is 0 Å². The van der Waals surface area contributed by atoms with E-state index in [-0.39, 0.29) is 6.42 Å². The lowest BCUT2D eigenvalue weighted by Gasteiger charge is -2.21. The van der Waals surface area contributed by atoms with E-state index in [0.29, 0.717) is 6.42 Å². The topological polar surface area (TPSA) is 60.7 Å². The van der Waals surface area contributed by atoms with Crippen molar-refractivity contribution in [3.05, 3.63) is 35.9 Å². The molecule has 3 heteroatoms. The summed E-state index contributed by atoms with van der Waals surface area (Å²) in [7, 11) is 0. The molecule has 0 spiro atoms. The van der Waals surface area contributed by atoms with Gasteiger partial charge in [-0.2, -0.15) is 0 Å². The molecule has 0 aliphatic heterocycles. The molecule has 114 valence electrons. The zero-order chi connectivity index (χ0) is 14.8. The number of hydrogen-bond donors (Lipinski definition) is 3. The molecule has 0 saturated heterocycles. The van der Waals surface area contributed by atoms with Crippen LogP contribution in [0.4, 0.5) is 0 Å². The van der Waals surface area contributed by atoms with E-state index in [2.05, 4.69) is 6.92 Å². The summed E-state index contributed by atoms with van der Waals surface area (Å²) in [5, 5.41) is 29.9. The summed E-state index contributed by atoms with van der Waals surface area (Å²) in [4.78, 5) is 0. The number of hydrogen-bond acceptors (Lipinski definition) is 3. The maximum absolute atomic E-state index is 10.0. The van der Waals surface area contributed by atoms with Gasteiger partial charge in [0, 0.05) is 6.42 Å². The van der Waals surface area contributed by atoms with Gasteiger partial charge in [0.05, 0.1) is 18.3 Å². The minimum absolute atomic E-state index is 0.181. The van der Waals surface area contributed by atoms with Gasteiger partial charge in [-0.05, 0) is 12.0 Å². The number of aliphatic hydroxyl groups is 3. The summed E-state index contributed by atoms with van der Waals surface area (Å²) in [5.41, 5.74) is 0.779. The summed E-state index contributed by atoms with van der Waals surface area (Å²) in [6.45, 7) is 2.17. The largest absolute Gasteiger partial charge is 0.390 e. The molecular weight excluding hydrogens is 252 g/mol. The maximum atomic E-state index is 10.0. The first-order chi connectivity index (χ1) is 9.65. The molecule has 0 aliphatic carbocycles. The second kappa shape index (κ2) is 9.92. The number of benzene rings is 1. The molecule has 1 aromatic carbocycles. The van der Waals surface area contributed by atoms with Crippen molar-refractivity contribution in [1.82, 2.24) is 0 Å². The van der Waals surface area contributed by atoms with Crippen LogP contribution in [0.1, 0.15) is 63.5 Å². The maximum Gasteiger partial charge on any atom is 0.0827 e. The molecule has 3 nitrogen and oxygen atoms in total. The smallest absolute Gasteiger partial charge is 0.0827 e. The van der Waals surface area contributed by atoms with Gasteiger partial charge in [-0.25, -0.2) is 0 Å². The molecule has 0 saturated carbocycles. The number of aliphatic hydroxyl groups excluding tert-OH is 3. The fraction of sp³-hybridized carbons (Fsp3) is 0.647. The number of rotatable bonds is 10. The van der Waals surface area contributed by atoms with Crippen LogP contribution < -0.4 is 0 Å². The monoisotopic (exact) mass is 280 g/mol. The van der Waals surface area contributed by atoms with Crippen LogP contribution in [0, 0.1) is 0 Å². The molecular formula is C17H28O3. The lowest BCUT2D eigenvalue weighted by Crippen LogP contribution is -2.27. The van der Waals surface area contributed by atoms with Crippen molar-refractivity contribution >= 4 is 0 Å². The van der Waals surface area contributed by atoms with E-state index < -0.39 is 18.3 Å². The molecule has 1 aromatic rings. The third-order valence-electron chi connectivity index (χ3n) is 3.70. The van der Waals surface area contributed by atoms with E-state index in [1.807, 2.05) is 30.3 Å². The SMILES string of the molecule is CCCCCCC[C@@H](O)[C@H](O)C[C@H](O)c1ccccc1. The molecule has 1 rings (SSSR count). The predicted molar refractivity (Wildman–Crippen MR) is 81.4 cm³/mol. The quantitative estimate of drug-likeness (QED) is 0.577. The second-order valence-electron chi connectivity index (χ2n) is 5.50. The molecule has 0 aliphatic rings. The van der Waals surface area contributed by atoms with Crippen LogP contribution in [0.15, 0.2) is 30.3 Å². The Balaban J connectivity index is 2.25. The van der Waals surface area contributed by atoms with Gasteiger partial charge in [-0.15, -0.1) is 0 Å². The lowest BCUT2D eigenvalue weighted by atomic mass is 9.97. The van der Waals surface area contributed by atoms with Crippen LogP contribution in [0.3, 0.4) is 0 Å². The highest BCUT2D eigenvalue weighted by molar-refractivity contribution is 5.17. The third-order valence-corrected chi connectivity index (χ3v) is 3.70. The zero-order valence-electron chi connectivity index (χ0n) is 12.4. The zero-order valence-corrected chi connectivity index (χ0v) is 12.4. The summed E-state index contributed by atoms with van der Waals surface area (Å²) < 4.78 is 0. The van der Waals surface area contributed by atoms with Crippen molar-refractivity contribution in [1.29, 1.82) is 0 Å². The Bertz CT molecular complexity index is 339. The Morgan fingerprint density at radius 3 is 2.15 bits per heavy atom. The number of unbranched alkanes of at least 4 members (excludes halogenated alkanes) is 4. The summed E-state index contributed by atoms with van der Waals surface area (Å²) in [6, 6.07) is 9.25. The van der Waals surface area contributed by atoms with E-state index in [4.69, 9.17) is 0 Å². The average Bonchev–Trinajstić information content (AvgIpc) is 2.47. The fourth-order valence-corrected chi connectivity index (χ4v) is 2.35. The molecule has 0 fully saturated rings.